The van der Waals surface area contributed by atoms with E-state index in [2.05, 4.69) is 39.1 Å². The van der Waals surface area contributed by atoms with Crippen LogP contribution in [0.2, 0.25) is 0 Å². The van der Waals surface area contributed by atoms with Crippen LogP contribution in [-0.4, -0.2) is 13.1 Å². The second-order valence-electron chi connectivity index (χ2n) is 3.15. The monoisotopic (exact) mass is 248 g/mol. The largest absolute Gasteiger partial charge is 0.364 e. The van der Waals surface area contributed by atoms with Gasteiger partial charge in [0.15, 0.2) is 0 Å². The maximum absolute atomic E-state index is 8.77. The van der Waals surface area contributed by atoms with E-state index in [1.807, 2.05) is 18.2 Å². The van der Waals surface area contributed by atoms with Gasteiger partial charge < -0.3 is 4.90 Å². The zero-order valence-electron chi connectivity index (χ0n) is 7.57. The van der Waals surface area contributed by atoms with Gasteiger partial charge in [-0.05, 0) is 34.1 Å². The molecule has 0 spiro atoms. The Labute approximate surface area is 91.6 Å². The van der Waals surface area contributed by atoms with Crippen molar-refractivity contribution in [2.45, 2.75) is 0 Å². The average Bonchev–Trinajstić information content (AvgIpc) is 2.70. The number of nitriles is 1. The van der Waals surface area contributed by atoms with Crippen LogP contribution in [0.1, 0.15) is 5.56 Å². The van der Waals surface area contributed by atoms with E-state index in [9.17, 15) is 0 Å². The molecule has 1 aliphatic rings. The summed E-state index contributed by atoms with van der Waals surface area (Å²) in [4.78, 5) is 2.24. The van der Waals surface area contributed by atoms with E-state index in [0.29, 0.717) is 5.56 Å². The summed E-state index contributed by atoms with van der Waals surface area (Å²) in [6.45, 7) is 1.91. The lowest BCUT2D eigenvalue weighted by Gasteiger charge is -2.17. The van der Waals surface area contributed by atoms with Crippen LogP contribution in [0.4, 0.5) is 5.69 Å². The van der Waals surface area contributed by atoms with Gasteiger partial charge in [0.25, 0.3) is 0 Å². The van der Waals surface area contributed by atoms with E-state index in [-0.39, 0.29) is 0 Å². The van der Waals surface area contributed by atoms with Gasteiger partial charge in [-0.1, -0.05) is 12.2 Å². The summed E-state index contributed by atoms with van der Waals surface area (Å²) in [6.07, 6.45) is 4.29. The van der Waals surface area contributed by atoms with Gasteiger partial charge in [-0.25, -0.2) is 0 Å². The maximum Gasteiger partial charge on any atom is 0.100 e. The van der Waals surface area contributed by atoms with Crippen molar-refractivity contribution in [3.05, 3.63) is 40.4 Å². The second kappa shape index (κ2) is 3.85. The first-order chi connectivity index (χ1) is 6.81. The fourth-order valence-electron chi connectivity index (χ4n) is 1.48. The molecular formula is C11H9BrN2. The highest BCUT2D eigenvalue weighted by atomic mass is 79.9. The molecule has 70 valence electrons. The molecule has 1 aromatic rings. The lowest BCUT2D eigenvalue weighted by molar-refractivity contribution is 1.01. The molecule has 0 radical (unpaired) electrons. The maximum atomic E-state index is 8.77. The number of nitrogens with zero attached hydrogens (tertiary/aromatic N) is 2. The molecule has 0 N–H and O–H groups in total. The van der Waals surface area contributed by atoms with E-state index in [1.54, 1.807) is 0 Å². The molecule has 0 fully saturated rings. The zero-order chi connectivity index (χ0) is 9.97. The van der Waals surface area contributed by atoms with Gasteiger partial charge in [-0.2, -0.15) is 5.26 Å². The fourth-order valence-corrected chi connectivity index (χ4v) is 1.94. The Morgan fingerprint density at radius 1 is 1.29 bits per heavy atom. The first kappa shape index (κ1) is 9.29. The minimum atomic E-state index is 0.681. The van der Waals surface area contributed by atoms with E-state index in [0.717, 1.165) is 23.2 Å². The standard InChI is InChI=1S/C11H9BrN2/c12-11-7-10(4-3-9(11)8-13)14-5-1-2-6-14/h1-4,7H,5-6H2. The molecule has 1 heterocycles. The predicted octanol–water partition coefficient (Wildman–Crippen LogP) is 2.70. The summed E-state index contributed by atoms with van der Waals surface area (Å²) >= 11 is 3.38. The quantitative estimate of drug-likeness (QED) is 0.715. The van der Waals surface area contributed by atoms with Crippen molar-refractivity contribution in [1.82, 2.24) is 0 Å². The van der Waals surface area contributed by atoms with Gasteiger partial charge in [-0.15, -0.1) is 0 Å². The smallest absolute Gasteiger partial charge is 0.100 e. The summed E-state index contributed by atoms with van der Waals surface area (Å²) in [5, 5.41) is 8.77. The molecule has 1 aliphatic heterocycles. The molecule has 0 unspecified atom stereocenters. The second-order valence-corrected chi connectivity index (χ2v) is 4.01. The molecular weight excluding hydrogens is 240 g/mol. The molecule has 0 bridgehead atoms. The van der Waals surface area contributed by atoms with E-state index in [1.165, 1.54) is 0 Å². The van der Waals surface area contributed by atoms with Crippen molar-refractivity contribution in [2.24, 2.45) is 0 Å². The van der Waals surface area contributed by atoms with Crippen LogP contribution in [0.25, 0.3) is 0 Å². The van der Waals surface area contributed by atoms with Crippen LogP contribution in [0, 0.1) is 11.3 Å². The highest BCUT2D eigenvalue weighted by Gasteiger charge is 2.08. The van der Waals surface area contributed by atoms with Crippen LogP contribution in [-0.2, 0) is 0 Å². The minimum Gasteiger partial charge on any atom is -0.364 e. The molecule has 1 aromatic carbocycles. The Bertz CT molecular complexity index is 410. The third kappa shape index (κ3) is 1.66. The van der Waals surface area contributed by atoms with Crippen LogP contribution in [0.15, 0.2) is 34.8 Å². The Balaban J connectivity index is 2.29. The van der Waals surface area contributed by atoms with Crippen molar-refractivity contribution < 1.29 is 0 Å². The number of anilines is 1. The Morgan fingerprint density at radius 2 is 2.00 bits per heavy atom. The molecule has 3 heteroatoms. The highest BCUT2D eigenvalue weighted by molar-refractivity contribution is 9.10. The number of hydrogen-bond donors (Lipinski definition) is 0. The number of halogens is 1. The Morgan fingerprint density at radius 3 is 2.57 bits per heavy atom. The van der Waals surface area contributed by atoms with Crippen molar-refractivity contribution in [1.29, 1.82) is 5.26 Å². The van der Waals surface area contributed by atoms with Gasteiger partial charge in [0.1, 0.15) is 6.07 Å². The van der Waals surface area contributed by atoms with Crippen molar-refractivity contribution in [3.8, 4) is 6.07 Å². The molecule has 14 heavy (non-hydrogen) atoms. The topological polar surface area (TPSA) is 27.0 Å². The lowest BCUT2D eigenvalue weighted by Crippen LogP contribution is -2.18. The summed E-state index contributed by atoms with van der Waals surface area (Å²) in [7, 11) is 0. The molecule has 2 rings (SSSR count). The molecule has 0 atom stereocenters. The third-order valence-corrected chi connectivity index (χ3v) is 2.91. The zero-order valence-corrected chi connectivity index (χ0v) is 9.16. The van der Waals surface area contributed by atoms with Gasteiger partial charge in [-0.3, -0.25) is 0 Å². The normalized spacial score (nSPS) is 14.4. The fraction of sp³-hybridized carbons (Fsp3) is 0.182. The number of benzene rings is 1. The number of hydrogen-bond acceptors (Lipinski definition) is 2. The summed E-state index contributed by atoms with van der Waals surface area (Å²) in [5.41, 5.74) is 1.83. The first-order valence-corrected chi connectivity index (χ1v) is 5.20. The van der Waals surface area contributed by atoms with Gasteiger partial charge in [0.2, 0.25) is 0 Å². The average molecular weight is 249 g/mol. The molecule has 0 aromatic heterocycles. The van der Waals surface area contributed by atoms with E-state index >= 15 is 0 Å². The third-order valence-electron chi connectivity index (χ3n) is 2.26. The first-order valence-electron chi connectivity index (χ1n) is 4.41. The van der Waals surface area contributed by atoms with E-state index in [4.69, 9.17) is 5.26 Å². The van der Waals surface area contributed by atoms with Crippen molar-refractivity contribution >= 4 is 21.6 Å². The molecule has 0 saturated carbocycles. The summed E-state index contributed by atoms with van der Waals surface area (Å²) in [5.74, 6) is 0. The van der Waals surface area contributed by atoms with E-state index < -0.39 is 0 Å². The van der Waals surface area contributed by atoms with Crippen molar-refractivity contribution in [2.75, 3.05) is 18.0 Å². The summed E-state index contributed by atoms with van der Waals surface area (Å²) < 4.78 is 0.865. The van der Waals surface area contributed by atoms with Crippen molar-refractivity contribution in [3.63, 3.8) is 0 Å². The Kier molecular flexibility index (Phi) is 2.55. The molecule has 2 nitrogen and oxygen atoms in total. The molecule has 0 saturated heterocycles. The highest BCUT2D eigenvalue weighted by Crippen LogP contribution is 2.24. The van der Waals surface area contributed by atoms with Crippen LogP contribution < -0.4 is 4.90 Å². The number of rotatable bonds is 1. The summed E-state index contributed by atoms with van der Waals surface area (Å²) in [6, 6.07) is 7.95. The Hall–Kier alpha value is -1.27. The predicted molar refractivity (Wildman–Crippen MR) is 60.2 cm³/mol. The molecule has 0 aliphatic carbocycles. The van der Waals surface area contributed by atoms with Gasteiger partial charge >= 0.3 is 0 Å². The van der Waals surface area contributed by atoms with Gasteiger partial charge in [0, 0.05) is 23.2 Å². The van der Waals surface area contributed by atoms with Crippen LogP contribution in [0.3, 0.4) is 0 Å². The van der Waals surface area contributed by atoms with Crippen LogP contribution in [0.5, 0.6) is 0 Å². The molecule has 0 amide bonds. The van der Waals surface area contributed by atoms with Crippen LogP contribution >= 0.6 is 15.9 Å². The lowest BCUT2D eigenvalue weighted by atomic mass is 10.2. The SMILES string of the molecule is N#Cc1ccc(N2CC=CC2)cc1Br. The minimum absolute atomic E-state index is 0.681. The van der Waals surface area contributed by atoms with Gasteiger partial charge in [0.05, 0.1) is 5.56 Å².